The number of fused-ring (bicyclic) bond motifs is 1. The first kappa shape index (κ1) is 11.0. The minimum atomic E-state index is -0.377. The third-order valence-corrected chi connectivity index (χ3v) is 2.64. The van der Waals surface area contributed by atoms with Crippen molar-refractivity contribution in [3.8, 4) is 17.5 Å². The van der Waals surface area contributed by atoms with E-state index in [4.69, 9.17) is 11.0 Å². The van der Waals surface area contributed by atoms with Crippen molar-refractivity contribution in [2.24, 2.45) is 0 Å². The summed E-state index contributed by atoms with van der Waals surface area (Å²) in [6, 6.07) is 8.94. The highest BCUT2D eigenvalue weighted by atomic mass is 16.1. The van der Waals surface area contributed by atoms with Gasteiger partial charge in [-0.3, -0.25) is 9.78 Å². The van der Waals surface area contributed by atoms with E-state index in [1.165, 1.54) is 0 Å². The number of aromatic amines is 2. The van der Waals surface area contributed by atoms with Gasteiger partial charge in [-0.2, -0.15) is 10.2 Å². The summed E-state index contributed by atoms with van der Waals surface area (Å²) >= 11 is 0. The zero-order valence-corrected chi connectivity index (χ0v) is 9.64. The number of H-pyrrole nitrogens is 2. The van der Waals surface area contributed by atoms with Gasteiger partial charge in [-0.25, -0.2) is 4.98 Å². The fourth-order valence-electron chi connectivity index (χ4n) is 1.80. The molecule has 7 nitrogen and oxygen atoms in total. The van der Waals surface area contributed by atoms with Crippen LogP contribution < -0.4 is 11.3 Å². The van der Waals surface area contributed by atoms with E-state index in [2.05, 4.69) is 19.9 Å². The molecule has 2 aromatic heterocycles. The maximum atomic E-state index is 11.7. The molecule has 92 valence electrons. The van der Waals surface area contributed by atoms with Gasteiger partial charge in [-0.1, -0.05) is 12.1 Å². The van der Waals surface area contributed by atoms with E-state index in [9.17, 15) is 4.79 Å². The number of nitrogens with zero attached hydrogens (tertiary/aromatic N) is 3. The molecule has 0 radical (unpaired) electrons. The van der Waals surface area contributed by atoms with E-state index in [1.54, 1.807) is 24.3 Å². The third kappa shape index (κ3) is 1.81. The first-order valence-corrected chi connectivity index (χ1v) is 5.43. The van der Waals surface area contributed by atoms with Gasteiger partial charge >= 0.3 is 0 Å². The number of nitrogens with one attached hydrogen (secondary N) is 2. The molecule has 19 heavy (non-hydrogen) atoms. The van der Waals surface area contributed by atoms with Gasteiger partial charge in [0.1, 0.15) is 5.82 Å². The maximum absolute atomic E-state index is 11.7. The number of nitrogen functional groups attached to an aromatic ring is 1. The molecule has 7 heteroatoms. The Morgan fingerprint density at radius 1 is 1.26 bits per heavy atom. The van der Waals surface area contributed by atoms with Gasteiger partial charge < -0.3 is 10.7 Å². The molecule has 0 bridgehead atoms. The summed E-state index contributed by atoms with van der Waals surface area (Å²) in [6.45, 7) is 0. The second kappa shape index (κ2) is 3.96. The van der Waals surface area contributed by atoms with E-state index in [0.29, 0.717) is 17.0 Å². The molecule has 0 aliphatic rings. The van der Waals surface area contributed by atoms with Crippen molar-refractivity contribution >= 4 is 17.1 Å². The summed E-state index contributed by atoms with van der Waals surface area (Å²) in [5, 5.41) is 8.86. The molecule has 0 fully saturated rings. The van der Waals surface area contributed by atoms with Gasteiger partial charge in [-0.15, -0.1) is 0 Å². The summed E-state index contributed by atoms with van der Waals surface area (Å²) in [5.74, 6) is 0.483. The predicted molar refractivity (Wildman–Crippen MR) is 69.1 cm³/mol. The zero-order valence-electron chi connectivity index (χ0n) is 9.64. The number of nitrogens with two attached hydrogens (primary N) is 1. The lowest BCUT2D eigenvalue weighted by molar-refractivity contribution is 1.17. The molecule has 0 unspecified atom stereocenters. The van der Waals surface area contributed by atoms with Crippen LogP contribution in [-0.2, 0) is 0 Å². The predicted octanol–water partition coefficient (Wildman–Crippen LogP) is 0.767. The lowest BCUT2D eigenvalue weighted by Gasteiger charge is -1.95. The van der Waals surface area contributed by atoms with Gasteiger partial charge in [0.05, 0.1) is 11.6 Å². The number of imidazole rings is 1. The average molecular weight is 252 g/mol. The lowest BCUT2D eigenvalue weighted by Crippen LogP contribution is -2.10. The molecule has 2 heterocycles. The van der Waals surface area contributed by atoms with E-state index in [0.717, 1.165) is 0 Å². The Morgan fingerprint density at radius 2 is 2.11 bits per heavy atom. The van der Waals surface area contributed by atoms with Crippen LogP contribution in [0, 0.1) is 11.3 Å². The molecule has 0 saturated carbocycles. The average Bonchev–Trinajstić information content (AvgIpc) is 2.83. The molecule has 0 spiro atoms. The summed E-state index contributed by atoms with van der Waals surface area (Å²) in [5.41, 5.74) is 6.80. The molecule has 0 aliphatic heterocycles. The molecule has 0 amide bonds. The van der Waals surface area contributed by atoms with Crippen molar-refractivity contribution in [3.63, 3.8) is 0 Å². The lowest BCUT2D eigenvalue weighted by atomic mass is 10.1. The van der Waals surface area contributed by atoms with Crippen molar-refractivity contribution in [2.45, 2.75) is 0 Å². The summed E-state index contributed by atoms with van der Waals surface area (Å²) < 4.78 is 0. The Kier molecular flexibility index (Phi) is 2.29. The minimum absolute atomic E-state index is 0.0151. The fourth-order valence-corrected chi connectivity index (χ4v) is 1.80. The van der Waals surface area contributed by atoms with E-state index < -0.39 is 0 Å². The Labute approximate surface area is 106 Å². The van der Waals surface area contributed by atoms with Crippen LogP contribution in [-0.4, -0.2) is 19.9 Å². The van der Waals surface area contributed by atoms with E-state index >= 15 is 0 Å². The van der Waals surface area contributed by atoms with Crippen molar-refractivity contribution in [2.75, 3.05) is 5.73 Å². The van der Waals surface area contributed by atoms with Crippen molar-refractivity contribution in [3.05, 3.63) is 40.2 Å². The van der Waals surface area contributed by atoms with Gasteiger partial charge in [-0.05, 0) is 12.1 Å². The molecule has 4 N–H and O–H groups in total. The van der Waals surface area contributed by atoms with Crippen LogP contribution in [0.2, 0.25) is 0 Å². The summed E-state index contributed by atoms with van der Waals surface area (Å²) in [6.07, 6.45) is 0. The molecule has 3 aromatic rings. The Morgan fingerprint density at radius 3 is 2.89 bits per heavy atom. The maximum Gasteiger partial charge on any atom is 0.278 e. The number of nitriles is 1. The Bertz CT molecular complexity index is 870. The quantitative estimate of drug-likeness (QED) is 0.589. The number of anilines is 1. The first-order chi connectivity index (χ1) is 9.17. The van der Waals surface area contributed by atoms with Crippen LogP contribution in [0.5, 0.6) is 0 Å². The minimum Gasteiger partial charge on any atom is -0.369 e. The van der Waals surface area contributed by atoms with Crippen molar-refractivity contribution in [1.29, 1.82) is 5.26 Å². The first-order valence-electron chi connectivity index (χ1n) is 5.43. The topological polar surface area (TPSA) is 124 Å². The Hall–Kier alpha value is -3.14. The molecular weight excluding hydrogens is 244 g/mol. The Balaban J connectivity index is 2.24. The molecule has 3 rings (SSSR count). The van der Waals surface area contributed by atoms with Crippen LogP contribution in [0.1, 0.15) is 5.56 Å². The highest BCUT2D eigenvalue weighted by Gasteiger charge is 2.10. The highest BCUT2D eigenvalue weighted by molar-refractivity contribution is 5.76. The van der Waals surface area contributed by atoms with Crippen LogP contribution in [0.15, 0.2) is 29.1 Å². The van der Waals surface area contributed by atoms with Crippen LogP contribution >= 0.6 is 0 Å². The fraction of sp³-hybridized carbons (Fsp3) is 0. The standard InChI is InChI=1S/C12H8N6O/c13-5-6-2-1-3-7(4-6)9-15-8-10(16-9)17-12(14)18-11(8)19/h1-4H,(H4,14,15,16,17,18,19). The van der Waals surface area contributed by atoms with E-state index in [1.807, 2.05) is 6.07 Å². The molecule has 0 saturated heterocycles. The number of rotatable bonds is 1. The van der Waals surface area contributed by atoms with Crippen molar-refractivity contribution < 1.29 is 0 Å². The molecular formula is C12H8N6O. The highest BCUT2D eigenvalue weighted by Crippen LogP contribution is 2.18. The SMILES string of the molecule is N#Cc1cccc(-c2nc3nc(N)[nH]c(=O)c3[nH]2)c1. The van der Waals surface area contributed by atoms with Gasteiger partial charge in [0, 0.05) is 5.56 Å². The van der Waals surface area contributed by atoms with Crippen LogP contribution in [0.4, 0.5) is 5.95 Å². The number of hydrogen-bond donors (Lipinski definition) is 3. The summed E-state index contributed by atoms with van der Waals surface area (Å²) in [7, 11) is 0. The number of hydrogen-bond acceptors (Lipinski definition) is 5. The van der Waals surface area contributed by atoms with Gasteiger partial charge in [0.15, 0.2) is 11.2 Å². The third-order valence-electron chi connectivity index (χ3n) is 2.64. The van der Waals surface area contributed by atoms with Crippen molar-refractivity contribution in [1.82, 2.24) is 19.9 Å². The van der Waals surface area contributed by atoms with Crippen LogP contribution in [0.3, 0.4) is 0 Å². The summed E-state index contributed by atoms with van der Waals surface area (Å²) in [4.78, 5) is 25.1. The number of aromatic nitrogens is 4. The second-order valence-corrected chi connectivity index (χ2v) is 3.93. The van der Waals surface area contributed by atoms with E-state index in [-0.39, 0.29) is 22.7 Å². The van der Waals surface area contributed by atoms with Gasteiger partial charge in [0.2, 0.25) is 5.95 Å². The smallest absolute Gasteiger partial charge is 0.278 e. The second-order valence-electron chi connectivity index (χ2n) is 3.93. The number of benzene rings is 1. The molecule has 0 aliphatic carbocycles. The normalized spacial score (nSPS) is 10.5. The van der Waals surface area contributed by atoms with Crippen LogP contribution in [0.25, 0.3) is 22.6 Å². The largest absolute Gasteiger partial charge is 0.369 e. The molecule has 1 aromatic carbocycles. The van der Waals surface area contributed by atoms with Gasteiger partial charge in [0.25, 0.3) is 5.56 Å². The molecule has 0 atom stereocenters. The zero-order chi connectivity index (χ0) is 13.4. The monoisotopic (exact) mass is 252 g/mol.